The average molecular weight is 296 g/mol. The van der Waals surface area contributed by atoms with E-state index in [9.17, 15) is 18.0 Å². The minimum absolute atomic E-state index is 0.231. The van der Waals surface area contributed by atoms with Crippen molar-refractivity contribution in [2.24, 2.45) is 0 Å². The first-order valence-corrected chi connectivity index (χ1v) is 5.20. The zero-order valence-electron chi connectivity index (χ0n) is 8.38. The van der Waals surface area contributed by atoms with Gasteiger partial charge in [0.15, 0.2) is 0 Å². The zero-order valence-corrected chi connectivity index (χ0v) is 9.97. The van der Waals surface area contributed by atoms with E-state index >= 15 is 0 Å². The van der Waals surface area contributed by atoms with Crippen LogP contribution >= 0.6 is 15.9 Å². The molecule has 1 amide bonds. The number of halogens is 4. The first kappa shape index (κ1) is 13.0. The Morgan fingerprint density at radius 2 is 2.12 bits per heavy atom. The maximum atomic E-state index is 13.3. The fraction of sp³-hybridized carbons (Fsp3) is 0.300. The second kappa shape index (κ2) is 5.34. The third kappa shape index (κ3) is 2.98. The lowest BCUT2D eigenvalue weighted by atomic mass is 10.2. The Bertz CT molecular complexity index is 377. The molecular weight excluding hydrogens is 287 g/mol. The van der Waals surface area contributed by atoms with Gasteiger partial charge in [-0.25, -0.2) is 13.2 Å². The molecule has 0 aromatic heterocycles. The van der Waals surface area contributed by atoms with Crippen LogP contribution in [0.25, 0.3) is 0 Å². The summed E-state index contributed by atoms with van der Waals surface area (Å²) in [6, 6.07) is 4.00. The van der Waals surface area contributed by atoms with Crippen LogP contribution in [0.3, 0.4) is 0 Å². The molecule has 1 aromatic carbocycles. The van der Waals surface area contributed by atoms with Gasteiger partial charge in [-0.05, 0) is 28.1 Å². The molecule has 16 heavy (non-hydrogen) atoms. The molecule has 1 rings (SSSR count). The quantitative estimate of drug-likeness (QED) is 0.840. The van der Waals surface area contributed by atoms with Crippen molar-refractivity contribution in [1.29, 1.82) is 0 Å². The lowest BCUT2D eigenvalue weighted by Crippen LogP contribution is -2.32. The summed E-state index contributed by atoms with van der Waals surface area (Å²) in [6.07, 6.45) is -2.64. The molecule has 88 valence electrons. The molecule has 0 heterocycles. The number of rotatable bonds is 3. The molecule has 0 N–H and O–H groups in total. The molecule has 0 aliphatic heterocycles. The highest BCUT2D eigenvalue weighted by Crippen LogP contribution is 2.21. The molecule has 2 nitrogen and oxygen atoms in total. The van der Waals surface area contributed by atoms with Crippen LogP contribution in [0.4, 0.5) is 13.2 Å². The van der Waals surface area contributed by atoms with Gasteiger partial charge in [-0.1, -0.05) is 6.07 Å². The second-order valence-electron chi connectivity index (χ2n) is 3.17. The summed E-state index contributed by atoms with van der Waals surface area (Å²) < 4.78 is 37.7. The van der Waals surface area contributed by atoms with Crippen molar-refractivity contribution in [3.8, 4) is 0 Å². The second-order valence-corrected chi connectivity index (χ2v) is 4.03. The Labute approximate surface area is 99.2 Å². The van der Waals surface area contributed by atoms with Gasteiger partial charge < -0.3 is 4.90 Å². The number of benzene rings is 1. The van der Waals surface area contributed by atoms with Gasteiger partial charge >= 0.3 is 0 Å². The molecule has 0 fully saturated rings. The van der Waals surface area contributed by atoms with Crippen molar-refractivity contribution in [3.05, 3.63) is 34.1 Å². The van der Waals surface area contributed by atoms with E-state index in [1.54, 1.807) is 0 Å². The number of hydrogen-bond acceptors (Lipinski definition) is 1. The van der Waals surface area contributed by atoms with E-state index in [1.165, 1.54) is 19.2 Å². The minimum Gasteiger partial charge on any atom is -0.336 e. The largest absolute Gasteiger partial charge is 0.336 e. The highest BCUT2D eigenvalue weighted by molar-refractivity contribution is 9.10. The molecule has 0 atom stereocenters. The number of carbonyl (C=O) groups is 1. The van der Waals surface area contributed by atoms with Crippen LogP contribution in [0.2, 0.25) is 0 Å². The first-order chi connectivity index (χ1) is 7.43. The predicted molar refractivity (Wildman–Crippen MR) is 57.1 cm³/mol. The summed E-state index contributed by atoms with van der Waals surface area (Å²) in [5.41, 5.74) is -0.231. The number of alkyl halides is 2. The van der Waals surface area contributed by atoms with Crippen molar-refractivity contribution >= 4 is 21.8 Å². The summed E-state index contributed by atoms with van der Waals surface area (Å²) in [5.74, 6) is -1.51. The molecule has 0 bridgehead atoms. The number of nitrogens with zero attached hydrogens (tertiary/aromatic N) is 1. The van der Waals surface area contributed by atoms with Crippen molar-refractivity contribution < 1.29 is 18.0 Å². The molecule has 0 aliphatic carbocycles. The van der Waals surface area contributed by atoms with E-state index in [0.717, 1.165) is 11.0 Å². The lowest BCUT2D eigenvalue weighted by Gasteiger charge is -2.17. The van der Waals surface area contributed by atoms with Gasteiger partial charge in [-0.3, -0.25) is 4.79 Å². The Morgan fingerprint density at radius 1 is 1.50 bits per heavy atom. The van der Waals surface area contributed by atoms with Crippen molar-refractivity contribution in [2.45, 2.75) is 6.43 Å². The van der Waals surface area contributed by atoms with Crippen LogP contribution in [0, 0.1) is 5.82 Å². The number of carbonyl (C=O) groups excluding carboxylic acids is 1. The standard InChI is InChI=1S/C10H9BrF3NO/c1-15(5-8(13)14)10(16)9-6(11)3-2-4-7(9)12/h2-4,8H,5H2,1H3. The molecule has 0 aliphatic rings. The first-order valence-electron chi connectivity index (χ1n) is 4.41. The van der Waals surface area contributed by atoms with Gasteiger partial charge in [0.25, 0.3) is 12.3 Å². The Kier molecular flexibility index (Phi) is 4.35. The Balaban J connectivity index is 2.96. The molecule has 0 unspecified atom stereocenters. The van der Waals surface area contributed by atoms with E-state index in [0.29, 0.717) is 0 Å². The lowest BCUT2D eigenvalue weighted by molar-refractivity contribution is 0.0615. The maximum absolute atomic E-state index is 13.3. The van der Waals surface area contributed by atoms with E-state index in [4.69, 9.17) is 0 Å². The summed E-state index contributed by atoms with van der Waals surface area (Å²) in [7, 11) is 1.20. The zero-order chi connectivity index (χ0) is 12.3. The topological polar surface area (TPSA) is 20.3 Å². The summed E-state index contributed by atoms with van der Waals surface area (Å²) >= 11 is 3.01. The fourth-order valence-corrected chi connectivity index (χ4v) is 1.69. The molecule has 0 radical (unpaired) electrons. The van der Waals surface area contributed by atoms with E-state index in [-0.39, 0.29) is 10.0 Å². The van der Waals surface area contributed by atoms with Gasteiger partial charge in [0.05, 0.1) is 12.1 Å². The summed E-state index contributed by atoms with van der Waals surface area (Å²) in [5, 5.41) is 0. The highest BCUT2D eigenvalue weighted by atomic mass is 79.9. The van der Waals surface area contributed by atoms with E-state index in [1.807, 2.05) is 0 Å². The van der Waals surface area contributed by atoms with E-state index in [2.05, 4.69) is 15.9 Å². The summed E-state index contributed by atoms with van der Waals surface area (Å²) in [6.45, 7) is -0.723. The summed E-state index contributed by atoms with van der Waals surface area (Å²) in [4.78, 5) is 12.4. The van der Waals surface area contributed by atoms with Crippen molar-refractivity contribution in [1.82, 2.24) is 4.90 Å². The van der Waals surface area contributed by atoms with Crippen LogP contribution in [0.1, 0.15) is 10.4 Å². The molecule has 0 spiro atoms. The smallest absolute Gasteiger partial charge is 0.257 e. The van der Waals surface area contributed by atoms with Gasteiger partial charge in [0, 0.05) is 11.5 Å². The average Bonchev–Trinajstić information content (AvgIpc) is 2.16. The predicted octanol–water partition coefficient (Wildman–Crippen LogP) is 2.93. The molecule has 6 heteroatoms. The third-order valence-electron chi connectivity index (χ3n) is 1.94. The highest BCUT2D eigenvalue weighted by Gasteiger charge is 2.21. The van der Waals surface area contributed by atoms with Gasteiger partial charge in [0.1, 0.15) is 5.82 Å². The van der Waals surface area contributed by atoms with Crippen LogP contribution in [-0.2, 0) is 0 Å². The Hall–Kier alpha value is -1.04. The van der Waals surface area contributed by atoms with E-state index < -0.39 is 24.7 Å². The van der Waals surface area contributed by atoms with Crippen molar-refractivity contribution in [2.75, 3.05) is 13.6 Å². The fourth-order valence-electron chi connectivity index (χ4n) is 1.18. The molecule has 0 saturated carbocycles. The number of amides is 1. The van der Waals surface area contributed by atoms with Crippen LogP contribution < -0.4 is 0 Å². The van der Waals surface area contributed by atoms with Crippen LogP contribution in [0.15, 0.2) is 22.7 Å². The van der Waals surface area contributed by atoms with Gasteiger partial charge in [0.2, 0.25) is 0 Å². The van der Waals surface area contributed by atoms with Gasteiger partial charge in [-0.15, -0.1) is 0 Å². The van der Waals surface area contributed by atoms with Crippen LogP contribution in [0.5, 0.6) is 0 Å². The monoisotopic (exact) mass is 295 g/mol. The Morgan fingerprint density at radius 3 is 2.62 bits per heavy atom. The normalized spacial score (nSPS) is 10.6. The molecule has 1 aromatic rings. The maximum Gasteiger partial charge on any atom is 0.257 e. The minimum atomic E-state index is -2.64. The van der Waals surface area contributed by atoms with Crippen LogP contribution in [-0.4, -0.2) is 30.8 Å². The molecule has 0 saturated heterocycles. The number of hydrogen-bond donors (Lipinski definition) is 0. The third-order valence-corrected chi connectivity index (χ3v) is 2.60. The van der Waals surface area contributed by atoms with Gasteiger partial charge in [-0.2, -0.15) is 0 Å². The SMILES string of the molecule is CN(CC(F)F)C(=O)c1c(F)cccc1Br. The van der Waals surface area contributed by atoms with Crippen molar-refractivity contribution in [3.63, 3.8) is 0 Å². The molecular formula is C10H9BrF3NO.